The molecule has 1 aliphatic rings. The first-order chi connectivity index (χ1) is 9.60. The van der Waals surface area contributed by atoms with Gasteiger partial charge in [-0.25, -0.2) is 4.98 Å². The maximum atomic E-state index is 5.99. The van der Waals surface area contributed by atoms with E-state index in [-0.39, 0.29) is 5.60 Å². The lowest BCUT2D eigenvalue weighted by Gasteiger charge is -2.40. The van der Waals surface area contributed by atoms with Crippen LogP contribution in [0.25, 0.3) is 0 Å². The number of aromatic nitrogens is 2. The summed E-state index contributed by atoms with van der Waals surface area (Å²) in [4.78, 5) is 8.79. The Morgan fingerprint density at radius 1 is 1.40 bits per heavy atom. The molecule has 20 heavy (non-hydrogen) atoms. The number of aryl methyl sites for hydroxylation is 1. The Balaban J connectivity index is 2.08. The van der Waals surface area contributed by atoms with Crippen LogP contribution in [0.1, 0.15) is 45.2 Å². The van der Waals surface area contributed by atoms with E-state index < -0.39 is 0 Å². The van der Waals surface area contributed by atoms with Gasteiger partial charge in [-0.05, 0) is 32.6 Å². The Hall–Kier alpha value is -1.36. The van der Waals surface area contributed by atoms with Crippen LogP contribution in [-0.4, -0.2) is 35.3 Å². The van der Waals surface area contributed by atoms with E-state index in [4.69, 9.17) is 9.47 Å². The fraction of sp³-hybridized carbons (Fsp3) is 0.733. The average molecular weight is 279 g/mol. The van der Waals surface area contributed by atoms with Gasteiger partial charge >= 0.3 is 0 Å². The van der Waals surface area contributed by atoms with Crippen molar-refractivity contribution in [1.29, 1.82) is 0 Å². The highest BCUT2D eigenvalue weighted by atomic mass is 16.5. The summed E-state index contributed by atoms with van der Waals surface area (Å²) in [6.45, 7) is 7.13. The first-order valence-electron chi connectivity index (χ1n) is 7.41. The molecule has 0 radical (unpaired) electrons. The highest BCUT2D eigenvalue weighted by Crippen LogP contribution is 2.32. The molecule has 5 heteroatoms. The monoisotopic (exact) mass is 279 g/mol. The van der Waals surface area contributed by atoms with Crippen molar-refractivity contribution in [3.05, 3.63) is 11.8 Å². The topological polar surface area (TPSA) is 56.3 Å². The molecule has 0 aromatic carbocycles. The normalized spacial score (nSPS) is 21.5. The van der Waals surface area contributed by atoms with E-state index in [0.717, 1.165) is 38.0 Å². The molecule has 1 aromatic rings. The van der Waals surface area contributed by atoms with Crippen LogP contribution in [-0.2, 0) is 4.74 Å². The number of nitrogens with zero attached hydrogens (tertiary/aromatic N) is 2. The molecular weight excluding hydrogens is 254 g/mol. The summed E-state index contributed by atoms with van der Waals surface area (Å²) < 4.78 is 11.2. The minimum absolute atomic E-state index is 0.00380. The summed E-state index contributed by atoms with van der Waals surface area (Å²) in [6.07, 6.45) is 4.07. The summed E-state index contributed by atoms with van der Waals surface area (Å²) in [5.41, 5.74) is 0.910. The number of hydrogen-bond donors (Lipinski definition) is 1. The van der Waals surface area contributed by atoms with Crippen molar-refractivity contribution in [2.75, 3.05) is 19.0 Å². The van der Waals surface area contributed by atoms with Gasteiger partial charge in [0, 0.05) is 24.4 Å². The Kier molecular flexibility index (Phi) is 4.81. The maximum Gasteiger partial charge on any atom is 0.226 e. The van der Waals surface area contributed by atoms with Crippen LogP contribution in [0.3, 0.4) is 0 Å². The average Bonchev–Trinajstić information content (AvgIpc) is 2.46. The zero-order valence-electron chi connectivity index (χ0n) is 12.9. The molecule has 2 heterocycles. The Bertz CT molecular complexity index is 447. The van der Waals surface area contributed by atoms with Gasteiger partial charge in [0.15, 0.2) is 0 Å². The van der Waals surface area contributed by atoms with Crippen molar-refractivity contribution in [1.82, 2.24) is 9.97 Å². The van der Waals surface area contributed by atoms with Crippen LogP contribution in [0.5, 0.6) is 5.88 Å². The zero-order valence-corrected chi connectivity index (χ0v) is 12.9. The molecule has 1 saturated heterocycles. The standard InChI is InChI=1S/C15H25N3O2/c1-5-15(6-2)10-12(7-8-20-15)17-14-16-11(3)9-13(18-14)19-4/h9,12H,5-8,10H2,1-4H3,(H,16,17,18). The number of nitrogens with one attached hydrogen (secondary N) is 1. The predicted octanol–water partition coefficient (Wildman–Crippen LogP) is 2.94. The Morgan fingerprint density at radius 3 is 2.80 bits per heavy atom. The molecule has 0 amide bonds. The van der Waals surface area contributed by atoms with E-state index >= 15 is 0 Å². The molecule has 0 aliphatic carbocycles. The van der Waals surface area contributed by atoms with E-state index in [2.05, 4.69) is 29.1 Å². The molecule has 0 saturated carbocycles. The van der Waals surface area contributed by atoms with Gasteiger partial charge in [-0.2, -0.15) is 4.98 Å². The predicted molar refractivity (Wildman–Crippen MR) is 79.2 cm³/mol. The van der Waals surface area contributed by atoms with Gasteiger partial charge in [-0.1, -0.05) is 13.8 Å². The lowest BCUT2D eigenvalue weighted by molar-refractivity contribution is -0.0865. The van der Waals surface area contributed by atoms with Crippen LogP contribution in [0.2, 0.25) is 0 Å². The van der Waals surface area contributed by atoms with Crippen molar-refractivity contribution in [3.63, 3.8) is 0 Å². The molecule has 1 unspecified atom stereocenters. The van der Waals surface area contributed by atoms with Crippen LogP contribution in [0.4, 0.5) is 5.95 Å². The summed E-state index contributed by atoms with van der Waals surface area (Å²) in [5, 5.41) is 3.44. The third-order valence-corrected chi connectivity index (χ3v) is 4.15. The summed E-state index contributed by atoms with van der Waals surface area (Å²) in [5.74, 6) is 1.25. The second kappa shape index (κ2) is 6.39. The molecule has 1 fully saturated rings. The minimum atomic E-state index is 0.00380. The van der Waals surface area contributed by atoms with Gasteiger partial charge in [0.2, 0.25) is 11.8 Å². The van der Waals surface area contributed by atoms with Crippen molar-refractivity contribution in [3.8, 4) is 5.88 Å². The molecule has 112 valence electrons. The quantitative estimate of drug-likeness (QED) is 0.898. The molecule has 1 atom stereocenters. The summed E-state index contributed by atoms with van der Waals surface area (Å²) in [7, 11) is 1.62. The van der Waals surface area contributed by atoms with Gasteiger partial charge in [-0.15, -0.1) is 0 Å². The highest BCUT2D eigenvalue weighted by Gasteiger charge is 2.34. The third kappa shape index (κ3) is 3.39. The molecule has 0 spiro atoms. The number of hydrogen-bond acceptors (Lipinski definition) is 5. The van der Waals surface area contributed by atoms with E-state index in [0.29, 0.717) is 17.9 Å². The fourth-order valence-corrected chi connectivity index (χ4v) is 2.79. The molecule has 1 N–H and O–H groups in total. The smallest absolute Gasteiger partial charge is 0.226 e. The molecular formula is C15H25N3O2. The number of ether oxygens (including phenoxy) is 2. The second-order valence-corrected chi connectivity index (χ2v) is 5.45. The van der Waals surface area contributed by atoms with Crippen LogP contribution in [0.15, 0.2) is 6.07 Å². The molecule has 0 bridgehead atoms. The van der Waals surface area contributed by atoms with Crippen molar-refractivity contribution < 1.29 is 9.47 Å². The largest absolute Gasteiger partial charge is 0.481 e. The number of rotatable bonds is 5. The van der Waals surface area contributed by atoms with E-state index in [9.17, 15) is 0 Å². The second-order valence-electron chi connectivity index (χ2n) is 5.45. The van der Waals surface area contributed by atoms with Gasteiger partial charge in [0.25, 0.3) is 0 Å². The third-order valence-electron chi connectivity index (χ3n) is 4.15. The van der Waals surface area contributed by atoms with Crippen molar-refractivity contribution in [2.45, 2.75) is 58.1 Å². The fourth-order valence-electron chi connectivity index (χ4n) is 2.79. The highest BCUT2D eigenvalue weighted by molar-refractivity contribution is 5.32. The van der Waals surface area contributed by atoms with Crippen LogP contribution >= 0.6 is 0 Å². The number of methoxy groups -OCH3 is 1. The summed E-state index contributed by atoms with van der Waals surface area (Å²) >= 11 is 0. The Morgan fingerprint density at radius 2 is 2.15 bits per heavy atom. The summed E-state index contributed by atoms with van der Waals surface area (Å²) in [6, 6.07) is 2.19. The zero-order chi connectivity index (χ0) is 14.6. The first-order valence-corrected chi connectivity index (χ1v) is 7.41. The SMILES string of the molecule is CCC1(CC)CC(Nc2nc(C)cc(OC)n2)CCO1. The van der Waals surface area contributed by atoms with E-state index in [1.165, 1.54) is 0 Å². The van der Waals surface area contributed by atoms with E-state index in [1.807, 2.05) is 13.0 Å². The molecule has 1 aromatic heterocycles. The van der Waals surface area contributed by atoms with Crippen molar-refractivity contribution in [2.24, 2.45) is 0 Å². The van der Waals surface area contributed by atoms with Gasteiger partial charge in [0.1, 0.15) is 0 Å². The van der Waals surface area contributed by atoms with Crippen molar-refractivity contribution >= 4 is 5.95 Å². The molecule has 2 rings (SSSR count). The van der Waals surface area contributed by atoms with Gasteiger partial charge in [0.05, 0.1) is 12.7 Å². The Labute approximate surface area is 121 Å². The molecule has 1 aliphatic heterocycles. The first kappa shape index (κ1) is 15.0. The lowest BCUT2D eigenvalue weighted by Crippen LogP contribution is -2.43. The van der Waals surface area contributed by atoms with Crippen LogP contribution in [0, 0.1) is 6.92 Å². The minimum Gasteiger partial charge on any atom is -0.481 e. The molecule has 5 nitrogen and oxygen atoms in total. The van der Waals surface area contributed by atoms with Gasteiger partial charge < -0.3 is 14.8 Å². The number of anilines is 1. The maximum absolute atomic E-state index is 5.99. The van der Waals surface area contributed by atoms with Crippen LogP contribution < -0.4 is 10.1 Å². The van der Waals surface area contributed by atoms with E-state index in [1.54, 1.807) is 7.11 Å². The lowest BCUT2D eigenvalue weighted by atomic mass is 9.86. The van der Waals surface area contributed by atoms with Gasteiger partial charge in [-0.3, -0.25) is 0 Å².